The highest BCUT2D eigenvalue weighted by atomic mass is 35.5. The molecule has 1 aromatic rings. The molecule has 0 fully saturated rings. The summed E-state index contributed by atoms with van der Waals surface area (Å²) in [7, 11) is 0. The van der Waals surface area contributed by atoms with E-state index in [1.807, 2.05) is 26.0 Å². The average molecular weight is 186 g/mol. The van der Waals surface area contributed by atoms with E-state index in [1.165, 1.54) is 0 Å². The Balaban J connectivity index is 0.000000561. The van der Waals surface area contributed by atoms with Crippen molar-refractivity contribution in [2.24, 2.45) is 0 Å². The monoisotopic (exact) mass is 185 g/mol. The van der Waals surface area contributed by atoms with Gasteiger partial charge in [0.15, 0.2) is 0 Å². The van der Waals surface area contributed by atoms with Gasteiger partial charge in [0.05, 0.1) is 10.7 Å². The first-order valence-electron chi connectivity index (χ1n) is 4.32. The summed E-state index contributed by atoms with van der Waals surface area (Å²) in [5.74, 6) is 0.411. The van der Waals surface area contributed by atoms with Crippen LogP contribution in [0.2, 0.25) is 5.02 Å². The summed E-state index contributed by atoms with van der Waals surface area (Å²) >= 11 is 5.86. The lowest BCUT2D eigenvalue weighted by atomic mass is 10.1. The summed E-state index contributed by atoms with van der Waals surface area (Å²) in [6.07, 6.45) is 1.77. The predicted octanol–water partition coefficient (Wildman–Crippen LogP) is 3.88. The Kier molecular flexibility index (Phi) is 5.73. The Bertz CT molecular complexity index is 221. The summed E-state index contributed by atoms with van der Waals surface area (Å²) in [5, 5.41) is 0.762. The number of rotatable bonds is 1. The minimum absolute atomic E-state index is 0.411. The standard InChI is InChI=1S/C8H10ClN.C2H6/c1-6(2)8-7(9)4-3-5-10-8;1-2/h3-6H,1-2H3;1-2H3. The molecule has 0 spiro atoms. The van der Waals surface area contributed by atoms with Gasteiger partial charge < -0.3 is 0 Å². The van der Waals surface area contributed by atoms with Crippen molar-refractivity contribution in [3.8, 4) is 0 Å². The van der Waals surface area contributed by atoms with Gasteiger partial charge in [0.1, 0.15) is 0 Å². The van der Waals surface area contributed by atoms with E-state index < -0.39 is 0 Å². The molecule has 0 bridgehead atoms. The molecule has 1 aromatic heterocycles. The van der Waals surface area contributed by atoms with Crippen molar-refractivity contribution in [3.63, 3.8) is 0 Å². The van der Waals surface area contributed by atoms with Crippen molar-refractivity contribution in [2.45, 2.75) is 33.6 Å². The van der Waals surface area contributed by atoms with Gasteiger partial charge in [0.2, 0.25) is 0 Å². The Labute approximate surface area is 79.8 Å². The third-order valence-electron chi connectivity index (χ3n) is 1.33. The van der Waals surface area contributed by atoms with Crippen LogP contribution in [0.15, 0.2) is 18.3 Å². The van der Waals surface area contributed by atoms with Crippen molar-refractivity contribution < 1.29 is 0 Å². The average Bonchev–Trinajstić information content (AvgIpc) is 2.08. The lowest BCUT2D eigenvalue weighted by Crippen LogP contribution is -1.91. The highest BCUT2D eigenvalue weighted by Crippen LogP contribution is 2.20. The highest BCUT2D eigenvalue weighted by molar-refractivity contribution is 6.31. The van der Waals surface area contributed by atoms with Gasteiger partial charge in [-0.2, -0.15) is 0 Å². The van der Waals surface area contributed by atoms with Crippen LogP contribution in [0.5, 0.6) is 0 Å². The number of hydrogen-bond acceptors (Lipinski definition) is 1. The molecule has 0 atom stereocenters. The van der Waals surface area contributed by atoms with Crippen LogP contribution >= 0.6 is 11.6 Å². The molecule has 2 heteroatoms. The quantitative estimate of drug-likeness (QED) is 0.647. The van der Waals surface area contributed by atoms with E-state index in [0.29, 0.717) is 5.92 Å². The first-order chi connectivity index (χ1) is 5.72. The van der Waals surface area contributed by atoms with E-state index in [1.54, 1.807) is 6.20 Å². The van der Waals surface area contributed by atoms with Crippen molar-refractivity contribution in [2.75, 3.05) is 0 Å². The van der Waals surface area contributed by atoms with Gasteiger partial charge in [-0.05, 0) is 18.1 Å². The molecule has 1 heterocycles. The van der Waals surface area contributed by atoms with E-state index in [0.717, 1.165) is 10.7 Å². The molecule has 0 radical (unpaired) electrons. The number of nitrogens with zero attached hydrogens (tertiary/aromatic N) is 1. The Hall–Kier alpha value is -0.560. The second-order valence-electron chi connectivity index (χ2n) is 2.53. The van der Waals surface area contributed by atoms with Gasteiger partial charge in [-0.15, -0.1) is 0 Å². The molecule has 0 saturated carbocycles. The number of aromatic nitrogens is 1. The van der Waals surface area contributed by atoms with Crippen LogP contribution in [0.25, 0.3) is 0 Å². The van der Waals surface area contributed by atoms with E-state index in [-0.39, 0.29) is 0 Å². The van der Waals surface area contributed by atoms with Gasteiger partial charge in [-0.3, -0.25) is 4.98 Å². The zero-order chi connectivity index (χ0) is 9.56. The summed E-state index contributed by atoms with van der Waals surface area (Å²) in [4.78, 5) is 4.15. The maximum Gasteiger partial charge on any atom is 0.0624 e. The van der Waals surface area contributed by atoms with Crippen molar-refractivity contribution in [1.82, 2.24) is 4.98 Å². The molecule has 1 nitrogen and oxygen atoms in total. The molecular weight excluding hydrogens is 170 g/mol. The molecular formula is C10H16ClN. The molecule has 0 aliphatic rings. The van der Waals surface area contributed by atoms with Crippen LogP contribution in [-0.4, -0.2) is 4.98 Å². The van der Waals surface area contributed by atoms with Gasteiger partial charge in [0, 0.05) is 6.20 Å². The number of hydrogen-bond donors (Lipinski definition) is 0. The summed E-state index contributed by atoms with van der Waals surface area (Å²) < 4.78 is 0. The first-order valence-corrected chi connectivity index (χ1v) is 4.70. The molecule has 0 saturated heterocycles. The highest BCUT2D eigenvalue weighted by Gasteiger charge is 2.03. The number of halogens is 1. The lowest BCUT2D eigenvalue weighted by Gasteiger charge is -2.04. The molecule has 68 valence electrons. The zero-order valence-corrected chi connectivity index (χ0v) is 8.89. The normalized spacial score (nSPS) is 9.17. The van der Waals surface area contributed by atoms with Crippen LogP contribution in [0, 0.1) is 0 Å². The molecule has 0 aromatic carbocycles. The minimum atomic E-state index is 0.411. The van der Waals surface area contributed by atoms with E-state index in [9.17, 15) is 0 Å². The fourth-order valence-electron chi connectivity index (χ4n) is 0.823. The first kappa shape index (κ1) is 11.4. The van der Waals surface area contributed by atoms with Crippen LogP contribution in [0.1, 0.15) is 39.3 Å². The smallest absolute Gasteiger partial charge is 0.0624 e. The Morgan fingerprint density at radius 1 is 1.33 bits per heavy atom. The number of pyridine rings is 1. The fourth-order valence-corrected chi connectivity index (χ4v) is 1.16. The van der Waals surface area contributed by atoms with Crippen molar-refractivity contribution in [3.05, 3.63) is 29.0 Å². The van der Waals surface area contributed by atoms with Gasteiger partial charge in [-0.1, -0.05) is 39.3 Å². The molecule has 0 unspecified atom stereocenters. The van der Waals surface area contributed by atoms with Crippen LogP contribution in [0.4, 0.5) is 0 Å². The Morgan fingerprint density at radius 3 is 2.25 bits per heavy atom. The lowest BCUT2D eigenvalue weighted by molar-refractivity contribution is 0.823. The van der Waals surface area contributed by atoms with E-state index in [2.05, 4.69) is 18.8 Å². The maximum absolute atomic E-state index is 5.86. The molecule has 0 aliphatic carbocycles. The van der Waals surface area contributed by atoms with Crippen LogP contribution < -0.4 is 0 Å². The van der Waals surface area contributed by atoms with Gasteiger partial charge >= 0.3 is 0 Å². The van der Waals surface area contributed by atoms with E-state index >= 15 is 0 Å². The third kappa shape index (κ3) is 3.22. The molecule has 0 aliphatic heterocycles. The second kappa shape index (κ2) is 6.01. The van der Waals surface area contributed by atoms with Crippen LogP contribution in [0.3, 0.4) is 0 Å². The molecule has 0 amide bonds. The zero-order valence-electron chi connectivity index (χ0n) is 8.13. The summed E-state index contributed by atoms with van der Waals surface area (Å²) in [6, 6.07) is 3.71. The van der Waals surface area contributed by atoms with Crippen LogP contribution in [-0.2, 0) is 0 Å². The fraction of sp³-hybridized carbons (Fsp3) is 0.500. The SMILES string of the molecule is CC.CC(C)c1ncccc1Cl. The summed E-state index contributed by atoms with van der Waals surface area (Å²) in [5.41, 5.74) is 0.976. The van der Waals surface area contributed by atoms with Crippen molar-refractivity contribution in [1.29, 1.82) is 0 Å². The molecule has 1 rings (SSSR count). The predicted molar refractivity (Wildman–Crippen MR) is 54.7 cm³/mol. The maximum atomic E-state index is 5.86. The topological polar surface area (TPSA) is 12.9 Å². The third-order valence-corrected chi connectivity index (χ3v) is 1.65. The van der Waals surface area contributed by atoms with Gasteiger partial charge in [-0.25, -0.2) is 0 Å². The van der Waals surface area contributed by atoms with Gasteiger partial charge in [0.25, 0.3) is 0 Å². The van der Waals surface area contributed by atoms with E-state index in [4.69, 9.17) is 11.6 Å². The molecule has 0 N–H and O–H groups in total. The largest absolute Gasteiger partial charge is 0.259 e. The minimum Gasteiger partial charge on any atom is -0.259 e. The summed E-state index contributed by atoms with van der Waals surface area (Å²) in [6.45, 7) is 8.16. The second-order valence-corrected chi connectivity index (χ2v) is 2.93. The molecule has 12 heavy (non-hydrogen) atoms. The Morgan fingerprint density at radius 2 is 1.92 bits per heavy atom. The van der Waals surface area contributed by atoms with Crippen molar-refractivity contribution >= 4 is 11.6 Å².